The molecule has 0 spiro atoms. The largest absolute Gasteiger partial charge is 0.480 e. The summed E-state index contributed by atoms with van der Waals surface area (Å²) in [7, 11) is -3.58. The molecule has 0 aromatic rings. The summed E-state index contributed by atoms with van der Waals surface area (Å²) in [5.41, 5.74) is 0. The molecule has 0 bridgehead atoms. The van der Waals surface area contributed by atoms with Crippen molar-refractivity contribution in [3.8, 4) is 0 Å². The molecule has 2 N–H and O–H groups in total. The van der Waals surface area contributed by atoms with Gasteiger partial charge in [-0.25, -0.2) is 13.1 Å². The van der Waals surface area contributed by atoms with E-state index in [0.29, 0.717) is 6.42 Å². The van der Waals surface area contributed by atoms with Crippen molar-refractivity contribution in [3.63, 3.8) is 0 Å². The molecule has 0 aliphatic heterocycles. The lowest BCUT2D eigenvalue weighted by molar-refractivity contribution is -0.138. The second-order valence-electron chi connectivity index (χ2n) is 4.03. The van der Waals surface area contributed by atoms with Crippen LogP contribution in [0.25, 0.3) is 0 Å². The van der Waals surface area contributed by atoms with Gasteiger partial charge in [-0.2, -0.15) is 0 Å². The van der Waals surface area contributed by atoms with Crippen LogP contribution in [0.4, 0.5) is 0 Å². The van der Waals surface area contributed by atoms with E-state index in [0.717, 1.165) is 12.8 Å². The van der Waals surface area contributed by atoms with Gasteiger partial charge in [-0.3, -0.25) is 4.79 Å². The van der Waals surface area contributed by atoms with Crippen LogP contribution in [0.1, 0.15) is 39.5 Å². The van der Waals surface area contributed by atoms with Crippen molar-refractivity contribution in [1.82, 2.24) is 4.72 Å². The Labute approximate surface area is 103 Å². The van der Waals surface area contributed by atoms with Gasteiger partial charge >= 0.3 is 5.97 Å². The molecule has 0 saturated heterocycles. The maximum absolute atomic E-state index is 11.8. The summed E-state index contributed by atoms with van der Waals surface area (Å²) >= 11 is 0. The normalized spacial score (nSPS) is 15.2. The highest BCUT2D eigenvalue weighted by atomic mass is 32.2. The Bertz CT molecular complexity index is 350. The molecule has 0 heterocycles. The molecule has 0 fully saturated rings. The first-order valence-corrected chi connectivity index (χ1v) is 7.24. The number of rotatable bonds is 9. The molecule has 0 amide bonds. The fourth-order valence-corrected chi connectivity index (χ4v) is 2.63. The molecular formula is C11H21NO4S. The van der Waals surface area contributed by atoms with Crippen molar-refractivity contribution in [2.24, 2.45) is 0 Å². The molecule has 0 rings (SSSR count). The zero-order chi connectivity index (χ0) is 13.5. The van der Waals surface area contributed by atoms with Crippen LogP contribution < -0.4 is 4.72 Å². The number of carboxylic acids is 1. The zero-order valence-corrected chi connectivity index (χ0v) is 11.2. The number of sulfonamides is 1. The average molecular weight is 263 g/mol. The van der Waals surface area contributed by atoms with Crippen LogP contribution >= 0.6 is 0 Å². The molecule has 5 nitrogen and oxygen atoms in total. The monoisotopic (exact) mass is 263 g/mol. The van der Waals surface area contributed by atoms with E-state index in [9.17, 15) is 13.2 Å². The first kappa shape index (κ1) is 16.1. The zero-order valence-electron chi connectivity index (χ0n) is 10.3. The van der Waals surface area contributed by atoms with Gasteiger partial charge in [-0.1, -0.05) is 25.8 Å². The molecule has 0 aromatic heterocycles. The van der Waals surface area contributed by atoms with Gasteiger partial charge in [-0.05, 0) is 19.8 Å². The summed E-state index contributed by atoms with van der Waals surface area (Å²) < 4.78 is 25.8. The third-order valence-electron chi connectivity index (χ3n) is 2.50. The lowest BCUT2D eigenvalue weighted by Crippen LogP contribution is -2.44. The van der Waals surface area contributed by atoms with Crippen molar-refractivity contribution in [3.05, 3.63) is 12.7 Å². The fourth-order valence-electron chi connectivity index (χ4n) is 1.33. The van der Waals surface area contributed by atoms with E-state index in [1.165, 1.54) is 6.08 Å². The minimum absolute atomic E-state index is 0.0784. The van der Waals surface area contributed by atoms with Crippen molar-refractivity contribution in [2.45, 2.75) is 50.8 Å². The second kappa shape index (κ2) is 7.45. The molecule has 0 radical (unpaired) electrons. The third kappa shape index (κ3) is 5.83. The van der Waals surface area contributed by atoms with E-state index in [-0.39, 0.29) is 6.42 Å². The van der Waals surface area contributed by atoms with Gasteiger partial charge in [0.2, 0.25) is 10.0 Å². The molecule has 6 heteroatoms. The van der Waals surface area contributed by atoms with Gasteiger partial charge in [0, 0.05) is 0 Å². The quantitative estimate of drug-likeness (QED) is 0.618. The number of unbranched alkanes of at least 4 members (excludes halogenated alkanes) is 1. The van der Waals surface area contributed by atoms with Crippen LogP contribution in [0.2, 0.25) is 0 Å². The van der Waals surface area contributed by atoms with Crippen molar-refractivity contribution in [2.75, 3.05) is 0 Å². The Balaban J connectivity index is 4.59. The minimum Gasteiger partial charge on any atom is -0.480 e. The predicted octanol–water partition coefficient (Wildman–Crippen LogP) is 1.51. The van der Waals surface area contributed by atoms with Crippen molar-refractivity contribution in [1.29, 1.82) is 0 Å². The fraction of sp³-hybridized carbons (Fsp3) is 0.727. The Morgan fingerprint density at radius 2 is 2.12 bits per heavy atom. The van der Waals surface area contributed by atoms with Crippen molar-refractivity contribution < 1.29 is 18.3 Å². The summed E-state index contributed by atoms with van der Waals surface area (Å²) in [6.07, 6.45) is 3.72. The number of hydrogen-bond acceptors (Lipinski definition) is 3. The summed E-state index contributed by atoms with van der Waals surface area (Å²) in [5.74, 6) is -1.18. The Morgan fingerprint density at radius 1 is 1.53 bits per heavy atom. The van der Waals surface area contributed by atoms with E-state index in [4.69, 9.17) is 5.11 Å². The summed E-state index contributed by atoms with van der Waals surface area (Å²) in [5, 5.41) is 8.28. The van der Waals surface area contributed by atoms with Crippen LogP contribution in [0.5, 0.6) is 0 Å². The van der Waals surface area contributed by atoms with E-state index in [1.54, 1.807) is 6.92 Å². The van der Waals surface area contributed by atoms with E-state index in [2.05, 4.69) is 11.3 Å². The standard InChI is InChI=1S/C11H21NO4S/c1-4-6-8-9(3)17(15,16)12-10(7-5-2)11(13)14/h5,9-10,12H,2,4,6-8H2,1,3H3,(H,13,14)/t9?,10-/m0/s1. The van der Waals surface area contributed by atoms with Crippen LogP contribution in [0.3, 0.4) is 0 Å². The maximum Gasteiger partial charge on any atom is 0.322 e. The number of hydrogen-bond donors (Lipinski definition) is 2. The molecule has 0 aliphatic rings. The Morgan fingerprint density at radius 3 is 2.53 bits per heavy atom. The maximum atomic E-state index is 11.8. The lowest BCUT2D eigenvalue weighted by Gasteiger charge is -2.17. The highest BCUT2D eigenvalue weighted by Crippen LogP contribution is 2.10. The number of carboxylic acid groups (broad SMARTS) is 1. The molecule has 0 aliphatic carbocycles. The first-order valence-electron chi connectivity index (χ1n) is 5.70. The lowest BCUT2D eigenvalue weighted by atomic mass is 10.2. The topological polar surface area (TPSA) is 83.5 Å². The van der Waals surface area contributed by atoms with E-state index in [1.807, 2.05) is 6.92 Å². The van der Waals surface area contributed by atoms with Crippen LogP contribution in [-0.2, 0) is 14.8 Å². The smallest absolute Gasteiger partial charge is 0.322 e. The average Bonchev–Trinajstić information content (AvgIpc) is 2.24. The number of nitrogens with one attached hydrogen (secondary N) is 1. The van der Waals surface area contributed by atoms with Crippen LogP contribution in [-0.4, -0.2) is 30.8 Å². The first-order chi connectivity index (χ1) is 7.85. The molecular weight excluding hydrogens is 242 g/mol. The van der Waals surface area contributed by atoms with Gasteiger partial charge in [0.15, 0.2) is 0 Å². The van der Waals surface area contributed by atoms with Gasteiger partial charge in [0.05, 0.1) is 5.25 Å². The Kier molecular flexibility index (Phi) is 7.06. The van der Waals surface area contributed by atoms with Gasteiger partial charge in [0.25, 0.3) is 0 Å². The molecule has 1 unspecified atom stereocenters. The highest BCUT2D eigenvalue weighted by molar-refractivity contribution is 7.90. The Hall–Kier alpha value is -0.880. The van der Waals surface area contributed by atoms with Crippen LogP contribution in [0.15, 0.2) is 12.7 Å². The highest BCUT2D eigenvalue weighted by Gasteiger charge is 2.26. The number of carbonyl (C=O) groups is 1. The second-order valence-corrected chi connectivity index (χ2v) is 6.16. The van der Waals surface area contributed by atoms with Crippen molar-refractivity contribution >= 4 is 16.0 Å². The van der Waals surface area contributed by atoms with Gasteiger partial charge in [0.1, 0.15) is 6.04 Å². The molecule has 17 heavy (non-hydrogen) atoms. The summed E-state index contributed by atoms with van der Waals surface area (Å²) in [6.45, 7) is 6.97. The molecule has 2 atom stereocenters. The number of aliphatic carboxylic acids is 1. The van der Waals surface area contributed by atoms with Crippen LogP contribution in [0, 0.1) is 0 Å². The summed E-state index contributed by atoms with van der Waals surface area (Å²) in [4.78, 5) is 10.8. The van der Waals surface area contributed by atoms with Gasteiger partial charge < -0.3 is 5.11 Å². The van der Waals surface area contributed by atoms with E-state index >= 15 is 0 Å². The SMILES string of the molecule is C=CC[C@H](NS(=O)(=O)C(C)CCCC)C(=O)O. The van der Waals surface area contributed by atoms with E-state index < -0.39 is 27.3 Å². The third-order valence-corrected chi connectivity index (χ3v) is 4.41. The minimum atomic E-state index is -3.58. The molecule has 100 valence electrons. The summed E-state index contributed by atoms with van der Waals surface area (Å²) in [6, 6.07) is -1.12. The molecule has 0 aromatic carbocycles. The molecule has 0 saturated carbocycles. The predicted molar refractivity (Wildman–Crippen MR) is 67.3 cm³/mol. The van der Waals surface area contributed by atoms with Gasteiger partial charge in [-0.15, -0.1) is 6.58 Å².